The molecule has 2 N–H and O–H groups in total. The molecule has 0 fully saturated rings. The first kappa shape index (κ1) is 13.6. The molecule has 0 aliphatic heterocycles. The van der Waals surface area contributed by atoms with E-state index in [1.807, 2.05) is 12.1 Å². The van der Waals surface area contributed by atoms with Crippen molar-refractivity contribution in [1.82, 2.24) is 0 Å². The third-order valence-electron chi connectivity index (χ3n) is 4.20. The molecule has 0 atom stereocenters. The van der Waals surface area contributed by atoms with Gasteiger partial charge in [-0.05, 0) is 33.5 Å². The maximum absolute atomic E-state index is 6.46. The summed E-state index contributed by atoms with van der Waals surface area (Å²) >= 11 is 0. The number of hydrogen-bond acceptors (Lipinski definition) is 1. The smallest absolute Gasteiger partial charge is 0.0406 e. The molecule has 4 rings (SSSR count). The third kappa shape index (κ3) is 2.36. The third-order valence-corrected chi connectivity index (χ3v) is 4.20. The SMILES string of the molecule is Nc1cc2ccccc2c(-c2ccccc2)c1-c1ccccc1. The molecule has 0 amide bonds. The Balaban J connectivity index is 2.15. The molecular formula is C22H17N. The van der Waals surface area contributed by atoms with E-state index in [1.165, 1.54) is 21.9 Å². The summed E-state index contributed by atoms with van der Waals surface area (Å²) < 4.78 is 0. The van der Waals surface area contributed by atoms with Crippen LogP contribution in [-0.4, -0.2) is 0 Å². The Hall–Kier alpha value is -3.06. The number of rotatable bonds is 2. The van der Waals surface area contributed by atoms with Crippen LogP contribution in [0.3, 0.4) is 0 Å². The molecule has 4 aromatic rings. The Morgan fingerprint density at radius 3 is 1.70 bits per heavy atom. The summed E-state index contributed by atoms with van der Waals surface area (Å²) in [5.74, 6) is 0. The highest BCUT2D eigenvalue weighted by atomic mass is 14.6. The zero-order valence-electron chi connectivity index (χ0n) is 12.7. The molecule has 0 spiro atoms. The van der Waals surface area contributed by atoms with Crippen molar-refractivity contribution in [3.05, 3.63) is 91.0 Å². The van der Waals surface area contributed by atoms with Gasteiger partial charge in [0, 0.05) is 11.3 Å². The molecule has 0 saturated carbocycles. The Kier molecular flexibility index (Phi) is 3.32. The van der Waals surface area contributed by atoms with E-state index in [2.05, 4.69) is 78.9 Å². The van der Waals surface area contributed by atoms with Gasteiger partial charge in [0.05, 0.1) is 0 Å². The van der Waals surface area contributed by atoms with E-state index in [0.717, 1.165) is 16.8 Å². The molecule has 0 saturated heterocycles. The second-order valence-corrected chi connectivity index (χ2v) is 5.67. The summed E-state index contributed by atoms with van der Waals surface area (Å²) in [4.78, 5) is 0. The molecule has 0 aliphatic rings. The molecule has 0 bridgehead atoms. The first-order chi connectivity index (χ1) is 11.3. The summed E-state index contributed by atoms with van der Waals surface area (Å²) in [5, 5.41) is 2.40. The van der Waals surface area contributed by atoms with Crippen molar-refractivity contribution in [3.8, 4) is 22.3 Å². The van der Waals surface area contributed by atoms with Crippen molar-refractivity contribution in [2.45, 2.75) is 0 Å². The van der Waals surface area contributed by atoms with Crippen LogP contribution < -0.4 is 5.73 Å². The molecule has 1 heteroatoms. The van der Waals surface area contributed by atoms with Gasteiger partial charge in [-0.25, -0.2) is 0 Å². The largest absolute Gasteiger partial charge is 0.398 e. The van der Waals surface area contributed by atoms with Crippen LogP contribution in [0.1, 0.15) is 0 Å². The van der Waals surface area contributed by atoms with Crippen molar-refractivity contribution in [2.75, 3.05) is 5.73 Å². The van der Waals surface area contributed by atoms with Crippen molar-refractivity contribution in [2.24, 2.45) is 0 Å². The van der Waals surface area contributed by atoms with Gasteiger partial charge in [-0.1, -0.05) is 84.9 Å². The van der Waals surface area contributed by atoms with E-state index in [1.54, 1.807) is 0 Å². The monoisotopic (exact) mass is 295 g/mol. The van der Waals surface area contributed by atoms with Crippen molar-refractivity contribution >= 4 is 16.5 Å². The van der Waals surface area contributed by atoms with Crippen LogP contribution in [0.2, 0.25) is 0 Å². The molecule has 4 aromatic carbocycles. The van der Waals surface area contributed by atoms with Crippen LogP contribution in [-0.2, 0) is 0 Å². The van der Waals surface area contributed by atoms with E-state index >= 15 is 0 Å². The van der Waals surface area contributed by atoms with E-state index < -0.39 is 0 Å². The lowest BCUT2D eigenvalue weighted by Gasteiger charge is -2.17. The zero-order chi connectivity index (χ0) is 15.6. The van der Waals surface area contributed by atoms with Gasteiger partial charge in [-0.2, -0.15) is 0 Å². The fourth-order valence-electron chi connectivity index (χ4n) is 3.19. The Morgan fingerprint density at radius 2 is 1.04 bits per heavy atom. The lowest BCUT2D eigenvalue weighted by molar-refractivity contribution is 1.60. The average molecular weight is 295 g/mol. The Bertz CT molecular complexity index is 957. The van der Waals surface area contributed by atoms with Gasteiger partial charge < -0.3 is 5.73 Å². The van der Waals surface area contributed by atoms with Gasteiger partial charge in [-0.15, -0.1) is 0 Å². The quantitative estimate of drug-likeness (QED) is 0.468. The highest BCUT2D eigenvalue weighted by molar-refractivity contribution is 6.08. The molecule has 110 valence electrons. The summed E-state index contributed by atoms with van der Waals surface area (Å²) in [6.07, 6.45) is 0. The Morgan fingerprint density at radius 1 is 0.522 bits per heavy atom. The van der Waals surface area contributed by atoms with Gasteiger partial charge >= 0.3 is 0 Å². The minimum absolute atomic E-state index is 0.814. The van der Waals surface area contributed by atoms with Crippen LogP contribution >= 0.6 is 0 Å². The van der Waals surface area contributed by atoms with Crippen molar-refractivity contribution < 1.29 is 0 Å². The van der Waals surface area contributed by atoms with E-state index in [-0.39, 0.29) is 0 Å². The Labute approximate surface area is 136 Å². The fourth-order valence-corrected chi connectivity index (χ4v) is 3.19. The van der Waals surface area contributed by atoms with Gasteiger partial charge in [0.15, 0.2) is 0 Å². The van der Waals surface area contributed by atoms with Crippen LogP contribution in [0.4, 0.5) is 5.69 Å². The number of fused-ring (bicyclic) bond motifs is 1. The van der Waals surface area contributed by atoms with Crippen molar-refractivity contribution in [1.29, 1.82) is 0 Å². The first-order valence-electron chi connectivity index (χ1n) is 7.76. The number of benzene rings is 4. The minimum Gasteiger partial charge on any atom is -0.398 e. The normalized spacial score (nSPS) is 10.8. The van der Waals surface area contributed by atoms with Gasteiger partial charge in [-0.3, -0.25) is 0 Å². The van der Waals surface area contributed by atoms with E-state index in [4.69, 9.17) is 5.73 Å². The maximum Gasteiger partial charge on any atom is 0.0406 e. The molecule has 0 aromatic heterocycles. The van der Waals surface area contributed by atoms with Gasteiger partial charge in [0.1, 0.15) is 0 Å². The predicted octanol–water partition coefficient (Wildman–Crippen LogP) is 5.76. The summed E-state index contributed by atoms with van der Waals surface area (Å²) in [6.45, 7) is 0. The van der Waals surface area contributed by atoms with E-state index in [9.17, 15) is 0 Å². The molecule has 0 unspecified atom stereocenters. The number of anilines is 1. The lowest BCUT2D eigenvalue weighted by Crippen LogP contribution is -1.95. The first-order valence-corrected chi connectivity index (χ1v) is 7.76. The fraction of sp³-hybridized carbons (Fsp3) is 0. The maximum atomic E-state index is 6.46. The topological polar surface area (TPSA) is 26.0 Å². The second kappa shape index (κ2) is 5.62. The highest BCUT2D eigenvalue weighted by Crippen LogP contribution is 2.41. The van der Waals surface area contributed by atoms with Crippen LogP contribution in [0.25, 0.3) is 33.0 Å². The molecule has 0 radical (unpaired) electrons. The standard InChI is InChI=1S/C22H17N/c23-20-15-18-13-7-8-14-19(18)21(16-9-3-1-4-10-16)22(20)17-11-5-2-6-12-17/h1-15H,23H2. The van der Waals surface area contributed by atoms with Crippen molar-refractivity contribution in [3.63, 3.8) is 0 Å². The van der Waals surface area contributed by atoms with Crippen LogP contribution in [0, 0.1) is 0 Å². The second-order valence-electron chi connectivity index (χ2n) is 5.67. The minimum atomic E-state index is 0.814. The summed E-state index contributed by atoms with van der Waals surface area (Å²) in [5.41, 5.74) is 11.9. The zero-order valence-corrected chi connectivity index (χ0v) is 12.7. The highest BCUT2D eigenvalue weighted by Gasteiger charge is 2.14. The molecular weight excluding hydrogens is 278 g/mol. The number of hydrogen-bond donors (Lipinski definition) is 1. The predicted molar refractivity (Wildman–Crippen MR) is 99.2 cm³/mol. The lowest BCUT2D eigenvalue weighted by atomic mass is 9.88. The molecule has 0 aliphatic carbocycles. The molecule has 0 heterocycles. The molecule has 23 heavy (non-hydrogen) atoms. The van der Waals surface area contributed by atoms with Gasteiger partial charge in [0.25, 0.3) is 0 Å². The van der Waals surface area contributed by atoms with E-state index in [0.29, 0.717) is 0 Å². The molecule has 1 nitrogen and oxygen atoms in total. The van der Waals surface area contributed by atoms with Crippen LogP contribution in [0.5, 0.6) is 0 Å². The van der Waals surface area contributed by atoms with Crippen LogP contribution in [0.15, 0.2) is 91.0 Å². The average Bonchev–Trinajstić information content (AvgIpc) is 2.62. The number of nitrogens with two attached hydrogens (primary N) is 1. The van der Waals surface area contributed by atoms with Gasteiger partial charge in [0.2, 0.25) is 0 Å². The number of nitrogen functional groups attached to an aromatic ring is 1. The summed E-state index contributed by atoms with van der Waals surface area (Å²) in [6, 6.07) is 31.4. The summed E-state index contributed by atoms with van der Waals surface area (Å²) in [7, 11) is 0.